The molecule has 0 radical (unpaired) electrons. The third kappa shape index (κ3) is 2.70. The lowest BCUT2D eigenvalue weighted by Gasteiger charge is -2.10. The molecule has 0 aliphatic rings. The predicted octanol–water partition coefficient (Wildman–Crippen LogP) is 3.10. The quantitative estimate of drug-likeness (QED) is 0.853. The van der Waals surface area contributed by atoms with Gasteiger partial charge in [0, 0.05) is 10.9 Å². The maximum atomic E-state index is 13.0. The lowest BCUT2D eigenvalue weighted by Crippen LogP contribution is -2.19. The smallest absolute Gasteiger partial charge is 0.302 e. The summed E-state index contributed by atoms with van der Waals surface area (Å²) in [5.41, 5.74) is -0.362. The summed E-state index contributed by atoms with van der Waals surface area (Å²) >= 11 is 0.265. The molecule has 0 unspecified atom stereocenters. The Bertz CT molecular complexity index is 708. The highest BCUT2D eigenvalue weighted by molar-refractivity contribution is 7.89. The second-order valence-electron chi connectivity index (χ2n) is 3.76. The van der Waals surface area contributed by atoms with Gasteiger partial charge in [-0.3, -0.25) is 0 Å². The molecule has 0 aliphatic carbocycles. The zero-order valence-electron chi connectivity index (χ0n) is 9.68. The fourth-order valence-corrected chi connectivity index (χ4v) is 3.80. The van der Waals surface area contributed by atoms with Crippen LogP contribution in [0.3, 0.4) is 0 Å². The highest BCUT2D eigenvalue weighted by atomic mass is 32.2. The van der Waals surface area contributed by atoms with E-state index in [1.807, 2.05) is 0 Å². The highest BCUT2D eigenvalue weighted by Gasteiger charge is 2.39. The Hall–Kier alpha value is -1.42. The van der Waals surface area contributed by atoms with Crippen molar-refractivity contribution in [2.45, 2.75) is 11.1 Å². The Morgan fingerprint density at radius 2 is 1.75 bits per heavy atom. The number of thiophene rings is 1. The van der Waals surface area contributed by atoms with Gasteiger partial charge in [-0.25, -0.2) is 8.42 Å². The van der Waals surface area contributed by atoms with E-state index in [1.165, 1.54) is 24.3 Å². The predicted molar refractivity (Wildman–Crippen MR) is 66.9 cm³/mol. The standard InChI is InChI=1S/C11H8F3NO3S2/c12-11(13,14)10-9(7-4-2-1-3-5-7)8(6-19-10)20(17,18)15-16/h1-6,15-16H. The van der Waals surface area contributed by atoms with Crippen molar-refractivity contribution in [3.63, 3.8) is 0 Å². The van der Waals surface area contributed by atoms with Gasteiger partial charge in [-0.2, -0.15) is 13.2 Å². The highest BCUT2D eigenvalue weighted by Crippen LogP contribution is 2.44. The summed E-state index contributed by atoms with van der Waals surface area (Å²) in [7, 11) is -4.40. The molecule has 2 N–H and O–H groups in total. The van der Waals surface area contributed by atoms with Crippen LogP contribution in [0.1, 0.15) is 4.88 Å². The third-order valence-electron chi connectivity index (χ3n) is 2.49. The van der Waals surface area contributed by atoms with Gasteiger partial charge in [-0.15, -0.1) is 11.3 Å². The maximum Gasteiger partial charge on any atom is 0.426 e. The Morgan fingerprint density at radius 1 is 1.15 bits per heavy atom. The molecule has 0 bridgehead atoms. The van der Waals surface area contributed by atoms with Crippen molar-refractivity contribution in [2.75, 3.05) is 0 Å². The van der Waals surface area contributed by atoms with Gasteiger partial charge in [0.2, 0.25) is 0 Å². The fraction of sp³-hybridized carbons (Fsp3) is 0.0909. The average Bonchev–Trinajstić information content (AvgIpc) is 2.85. The van der Waals surface area contributed by atoms with Gasteiger partial charge in [0.15, 0.2) is 0 Å². The molecular weight excluding hydrogens is 315 g/mol. The number of rotatable bonds is 3. The fourth-order valence-electron chi connectivity index (χ4n) is 1.68. The Balaban J connectivity index is 2.78. The van der Waals surface area contributed by atoms with Crippen LogP contribution in [0.4, 0.5) is 13.2 Å². The Kier molecular flexibility index (Phi) is 3.87. The third-order valence-corrected chi connectivity index (χ3v) is 4.80. The van der Waals surface area contributed by atoms with Gasteiger partial charge in [0.25, 0.3) is 10.0 Å². The molecule has 0 saturated heterocycles. The van der Waals surface area contributed by atoms with Crippen LogP contribution in [0.2, 0.25) is 0 Å². The van der Waals surface area contributed by atoms with E-state index in [1.54, 1.807) is 6.07 Å². The van der Waals surface area contributed by atoms with Gasteiger partial charge >= 0.3 is 6.18 Å². The van der Waals surface area contributed by atoms with Gasteiger partial charge in [-0.1, -0.05) is 35.2 Å². The molecule has 1 aromatic carbocycles. The van der Waals surface area contributed by atoms with Crippen LogP contribution in [0.25, 0.3) is 11.1 Å². The molecule has 1 aromatic heterocycles. The molecule has 0 saturated carbocycles. The van der Waals surface area contributed by atoms with Gasteiger partial charge < -0.3 is 5.21 Å². The van der Waals surface area contributed by atoms with Crippen LogP contribution in [0.5, 0.6) is 0 Å². The zero-order valence-corrected chi connectivity index (χ0v) is 11.3. The van der Waals surface area contributed by atoms with Crippen molar-refractivity contribution in [3.05, 3.63) is 40.6 Å². The molecule has 2 rings (SSSR count). The SMILES string of the molecule is O=S(=O)(NO)c1csc(C(F)(F)F)c1-c1ccccc1. The van der Waals surface area contributed by atoms with E-state index in [4.69, 9.17) is 5.21 Å². The number of sulfonamides is 1. The van der Waals surface area contributed by atoms with Crippen LogP contribution in [-0.2, 0) is 16.2 Å². The van der Waals surface area contributed by atoms with Crippen molar-refractivity contribution in [1.29, 1.82) is 0 Å². The summed E-state index contributed by atoms with van der Waals surface area (Å²) in [4.78, 5) is -0.594. The molecule has 0 atom stereocenters. The largest absolute Gasteiger partial charge is 0.426 e. The van der Waals surface area contributed by atoms with Gasteiger partial charge in [0.1, 0.15) is 9.77 Å². The summed E-state index contributed by atoms with van der Waals surface area (Å²) in [6, 6.07) is 7.33. The average molecular weight is 323 g/mol. The summed E-state index contributed by atoms with van der Waals surface area (Å²) in [6.07, 6.45) is -4.68. The number of halogens is 3. The molecule has 0 amide bonds. The van der Waals surface area contributed by atoms with E-state index < -0.39 is 31.5 Å². The van der Waals surface area contributed by atoms with Crippen molar-refractivity contribution < 1.29 is 26.8 Å². The first kappa shape index (κ1) is 15.0. The van der Waals surface area contributed by atoms with E-state index in [2.05, 4.69) is 0 Å². The molecule has 1 heterocycles. The molecule has 9 heteroatoms. The molecule has 0 aliphatic heterocycles. The minimum absolute atomic E-state index is 0.106. The normalized spacial score (nSPS) is 12.6. The van der Waals surface area contributed by atoms with Crippen LogP contribution < -0.4 is 4.89 Å². The van der Waals surface area contributed by atoms with Crippen molar-refractivity contribution in [3.8, 4) is 11.1 Å². The van der Waals surface area contributed by atoms with Gasteiger partial charge in [0.05, 0.1) is 0 Å². The van der Waals surface area contributed by atoms with E-state index >= 15 is 0 Å². The van der Waals surface area contributed by atoms with Gasteiger partial charge in [-0.05, 0) is 5.56 Å². The van der Waals surface area contributed by atoms with Crippen molar-refractivity contribution in [1.82, 2.24) is 4.89 Å². The zero-order chi connectivity index (χ0) is 15.0. The van der Waals surface area contributed by atoms with E-state index in [0.717, 1.165) is 10.3 Å². The van der Waals surface area contributed by atoms with Crippen LogP contribution in [-0.4, -0.2) is 13.6 Å². The Labute approximate surface area is 116 Å². The topological polar surface area (TPSA) is 66.4 Å². The molecular formula is C11H8F3NO3S2. The molecule has 108 valence electrons. The second-order valence-corrected chi connectivity index (χ2v) is 6.27. The summed E-state index contributed by atoms with van der Waals surface area (Å²) in [5.74, 6) is 0. The first-order valence-corrected chi connectivity index (χ1v) is 7.53. The van der Waals surface area contributed by atoms with E-state index in [-0.39, 0.29) is 16.9 Å². The minimum Gasteiger partial charge on any atom is -0.302 e. The number of benzene rings is 1. The maximum absolute atomic E-state index is 13.0. The lowest BCUT2D eigenvalue weighted by atomic mass is 10.1. The lowest BCUT2D eigenvalue weighted by molar-refractivity contribution is -0.133. The molecule has 0 fully saturated rings. The minimum atomic E-state index is -4.68. The number of hydrogen-bond donors (Lipinski definition) is 2. The first-order valence-electron chi connectivity index (χ1n) is 5.17. The van der Waals surface area contributed by atoms with Crippen molar-refractivity contribution >= 4 is 21.4 Å². The second kappa shape index (κ2) is 5.17. The monoisotopic (exact) mass is 323 g/mol. The van der Waals surface area contributed by atoms with Crippen LogP contribution >= 0.6 is 11.3 Å². The summed E-state index contributed by atoms with van der Waals surface area (Å²) in [6.45, 7) is 0. The summed E-state index contributed by atoms with van der Waals surface area (Å²) in [5, 5.41) is 9.47. The number of hydrogen-bond acceptors (Lipinski definition) is 4. The number of alkyl halides is 3. The van der Waals surface area contributed by atoms with E-state index in [0.29, 0.717) is 0 Å². The molecule has 4 nitrogen and oxygen atoms in total. The van der Waals surface area contributed by atoms with E-state index in [9.17, 15) is 21.6 Å². The van der Waals surface area contributed by atoms with Crippen LogP contribution in [0.15, 0.2) is 40.6 Å². The van der Waals surface area contributed by atoms with Crippen molar-refractivity contribution in [2.24, 2.45) is 0 Å². The molecule has 2 aromatic rings. The number of nitrogens with one attached hydrogen (secondary N) is 1. The summed E-state index contributed by atoms with van der Waals surface area (Å²) < 4.78 is 62.1. The molecule has 20 heavy (non-hydrogen) atoms. The first-order chi connectivity index (χ1) is 9.27. The van der Waals surface area contributed by atoms with Crippen LogP contribution in [0, 0.1) is 0 Å². The molecule has 0 spiro atoms. The Morgan fingerprint density at radius 3 is 2.25 bits per heavy atom.